The average Bonchev–Trinajstić information content (AvgIpc) is 2.73. The number of carbonyl (C=O) groups excluding carboxylic acids is 1. The van der Waals surface area contributed by atoms with E-state index in [2.05, 4.69) is 0 Å². The first-order chi connectivity index (χ1) is 14.3. The van der Waals surface area contributed by atoms with Gasteiger partial charge in [-0.25, -0.2) is 8.42 Å². The Balaban J connectivity index is 2.07. The van der Waals surface area contributed by atoms with Gasteiger partial charge in [0.25, 0.3) is 15.9 Å². The van der Waals surface area contributed by atoms with E-state index in [0.717, 1.165) is 0 Å². The van der Waals surface area contributed by atoms with Gasteiger partial charge in [-0.05, 0) is 54.1 Å². The topological polar surface area (TPSA) is 63.7 Å². The van der Waals surface area contributed by atoms with E-state index in [1.54, 1.807) is 42.5 Å². The van der Waals surface area contributed by atoms with Gasteiger partial charge in [0.2, 0.25) is 0 Å². The molecule has 0 saturated heterocycles. The lowest BCUT2D eigenvalue weighted by molar-refractivity contribution is -0.113. The summed E-state index contributed by atoms with van der Waals surface area (Å²) >= 11 is 12.1. The van der Waals surface area contributed by atoms with E-state index in [0.29, 0.717) is 20.6 Å². The molecule has 1 amide bonds. The van der Waals surface area contributed by atoms with Crippen LogP contribution in [0.15, 0.2) is 83.8 Å². The van der Waals surface area contributed by atoms with Gasteiger partial charge in [0.1, 0.15) is 5.75 Å². The van der Waals surface area contributed by atoms with Crippen LogP contribution >= 0.6 is 23.2 Å². The van der Waals surface area contributed by atoms with Gasteiger partial charge in [-0.3, -0.25) is 4.79 Å². The predicted octanol–water partition coefficient (Wildman–Crippen LogP) is 5.44. The molecule has 0 N–H and O–H groups in total. The average molecular weight is 462 g/mol. The Hall–Kier alpha value is -2.80. The Labute approximate surface area is 185 Å². The molecule has 0 radical (unpaired) electrons. The Kier molecular flexibility index (Phi) is 6.82. The number of carbonyl (C=O) groups is 1. The van der Waals surface area contributed by atoms with Crippen molar-refractivity contribution in [2.45, 2.75) is 4.90 Å². The van der Waals surface area contributed by atoms with E-state index in [1.165, 1.54) is 49.6 Å². The summed E-state index contributed by atoms with van der Waals surface area (Å²) in [5, 5.41) is 0.676. The minimum absolute atomic E-state index is 0.0264. The van der Waals surface area contributed by atoms with Crippen LogP contribution in [0.5, 0.6) is 5.75 Å². The molecule has 0 aromatic heterocycles. The van der Waals surface area contributed by atoms with Crippen molar-refractivity contribution < 1.29 is 17.9 Å². The summed E-state index contributed by atoms with van der Waals surface area (Å²) in [7, 11) is -2.75. The molecule has 0 spiro atoms. The quantitative estimate of drug-likeness (QED) is 0.458. The molecule has 0 aliphatic heterocycles. The number of hydrogen-bond donors (Lipinski definition) is 0. The van der Waals surface area contributed by atoms with E-state index in [-0.39, 0.29) is 15.6 Å². The van der Waals surface area contributed by atoms with Crippen LogP contribution in [-0.2, 0) is 14.8 Å². The molecule has 0 saturated carbocycles. The van der Waals surface area contributed by atoms with Crippen LogP contribution in [0, 0.1) is 0 Å². The van der Waals surface area contributed by atoms with Crippen molar-refractivity contribution in [1.82, 2.24) is 0 Å². The number of rotatable bonds is 6. The molecule has 8 heteroatoms. The zero-order valence-electron chi connectivity index (χ0n) is 15.8. The highest BCUT2D eigenvalue weighted by atomic mass is 35.5. The lowest BCUT2D eigenvalue weighted by Gasteiger charge is -2.22. The maximum Gasteiger partial charge on any atom is 0.271 e. The largest absolute Gasteiger partial charge is 0.495 e. The fourth-order valence-electron chi connectivity index (χ4n) is 2.71. The third-order valence-electron chi connectivity index (χ3n) is 4.12. The fraction of sp³-hybridized carbons (Fsp3) is 0.0455. The maximum absolute atomic E-state index is 13.3. The minimum atomic E-state index is -4.20. The van der Waals surface area contributed by atoms with Crippen molar-refractivity contribution in [2.75, 3.05) is 11.4 Å². The Morgan fingerprint density at radius 3 is 2.33 bits per heavy atom. The lowest BCUT2D eigenvalue weighted by atomic mass is 10.2. The van der Waals surface area contributed by atoms with Gasteiger partial charge >= 0.3 is 0 Å². The standard InChI is InChI=1S/C22H17Cl2NO4S/c1-29-21-12-11-18(15-20(21)24)25(30(27,28)19-8-3-2-4-9-19)22(26)13-10-16-6-5-7-17(23)14-16/h2-15H,1H3/b13-10+. The molecule has 3 aromatic carbocycles. The molecule has 0 atom stereocenters. The molecule has 3 aromatic rings. The van der Waals surface area contributed by atoms with Crippen LogP contribution in [0.4, 0.5) is 5.69 Å². The van der Waals surface area contributed by atoms with Crippen LogP contribution in [0.2, 0.25) is 10.0 Å². The van der Waals surface area contributed by atoms with E-state index in [4.69, 9.17) is 27.9 Å². The smallest absolute Gasteiger partial charge is 0.271 e. The molecule has 0 aliphatic rings. The summed E-state index contributed by atoms with van der Waals surface area (Å²) in [6, 6.07) is 18.8. The first-order valence-corrected chi connectivity index (χ1v) is 10.9. The SMILES string of the molecule is COc1ccc(N(C(=O)/C=C/c2cccc(Cl)c2)S(=O)(=O)c2ccccc2)cc1Cl. The summed E-state index contributed by atoms with van der Waals surface area (Å²) < 4.78 is 32.4. The molecule has 0 bridgehead atoms. The minimum Gasteiger partial charge on any atom is -0.495 e. The van der Waals surface area contributed by atoms with Crippen molar-refractivity contribution in [2.24, 2.45) is 0 Å². The van der Waals surface area contributed by atoms with Crippen LogP contribution in [0.3, 0.4) is 0 Å². The van der Waals surface area contributed by atoms with Gasteiger partial charge in [-0.15, -0.1) is 0 Å². The monoisotopic (exact) mass is 461 g/mol. The van der Waals surface area contributed by atoms with Gasteiger partial charge in [-0.2, -0.15) is 4.31 Å². The number of sulfonamides is 1. The molecule has 0 fully saturated rings. The number of methoxy groups -OCH3 is 1. The summed E-state index contributed by atoms with van der Waals surface area (Å²) in [6.45, 7) is 0. The summed E-state index contributed by atoms with van der Waals surface area (Å²) in [6.07, 6.45) is 2.66. The summed E-state index contributed by atoms with van der Waals surface area (Å²) in [5.74, 6) is -0.403. The van der Waals surface area contributed by atoms with Crippen molar-refractivity contribution in [1.29, 1.82) is 0 Å². The second-order valence-electron chi connectivity index (χ2n) is 6.13. The Bertz CT molecular complexity index is 1190. The Morgan fingerprint density at radius 1 is 0.967 bits per heavy atom. The fourth-order valence-corrected chi connectivity index (χ4v) is 4.56. The highest BCUT2D eigenvalue weighted by Crippen LogP contribution is 2.32. The molecule has 154 valence electrons. The molecular formula is C22H17Cl2NO4S. The number of amides is 1. The summed E-state index contributed by atoms with van der Waals surface area (Å²) in [5.41, 5.74) is 0.742. The van der Waals surface area contributed by atoms with Crippen LogP contribution < -0.4 is 9.04 Å². The molecular weight excluding hydrogens is 445 g/mol. The third-order valence-corrected chi connectivity index (χ3v) is 6.39. The Morgan fingerprint density at radius 2 is 1.70 bits per heavy atom. The van der Waals surface area contributed by atoms with Gasteiger partial charge in [0.15, 0.2) is 0 Å². The van der Waals surface area contributed by atoms with Crippen molar-refractivity contribution in [3.63, 3.8) is 0 Å². The number of nitrogens with zero attached hydrogens (tertiary/aromatic N) is 1. The van der Waals surface area contributed by atoms with Crippen LogP contribution in [0.1, 0.15) is 5.56 Å². The molecule has 0 unspecified atom stereocenters. The number of hydrogen-bond acceptors (Lipinski definition) is 4. The second kappa shape index (κ2) is 9.34. The molecule has 0 aliphatic carbocycles. The van der Waals surface area contributed by atoms with Gasteiger partial charge < -0.3 is 4.74 Å². The van der Waals surface area contributed by atoms with E-state index in [9.17, 15) is 13.2 Å². The third kappa shape index (κ3) is 4.84. The summed E-state index contributed by atoms with van der Waals surface area (Å²) in [4.78, 5) is 13.0. The second-order valence-corrected chi connectivity index (χ2v) is 8.76. The van der Waals surface area contributed by atoms with Gasteiger partial charge in [0.05, 0.1) is 22.7 Å². The van der Waals surface area contributed by atoms with Crippen molar-refractivity contribution in [3.8, 4) is 5.75 Å². The van der Waals surface area contributed by atoms with Crippen molar-refractivity contribution >= 4 is 50.9 Å². The maximum atomic E-state index is 13.3. The van der Waals surface area contributed by atoms with Crippen LogP contribution in [-0.4, -0.2) is 21.4 Å². The zero-order valence-corrected chi connectivity index (χ0v) is 18.2. The van der Waals surface area contributed by atoms with E-state index < -0.39 is 15.9 Å². The lowest BCUT2D eigenvalue weighted by Crippen LogP contribution is -2.35. The van der Waals surface area contributed by atoms with Gasteiger partial charge in [0, 0.05) is 11.1 Å². The first-order valence-electron chi connectivity index (χ1n) is 8.74. The highest BCUT2D eigenvalue weighted by Gasteiger charge is 2.30. The molecule has 5 nitrogen and oxygen atoms in total. The molecule has 30 heavy (non-hydrogen) atoms. The number of ether oxygens (including phenoxy) is 1. The normalized spacial score (nSPS) is 11.4. The predicted molar refractivity (Wildman–Crippen MR) is 120 cm³/mol. The van der Waals surface area contributed by atoms with Crippen LogP contribution in [0.25, 0.3) is 6.08 Å². The molecule has 3 rings (SSSR count). The number of anilines is 1. The van der Waals surface area contributed by atoms with E-state index >= 15 is 0 Å². The first kappa shape index (κ1) is 21.9. The highest BCUT2D eigenvalue weighted by molar-refractivity contribution is 7.93. The zero-order chi connectivity index (χ0) is 21.7. The number of halogens is 2. The van der Waals surface area contributed by atoms with Crippen molar-refractivity contribution in [3.05, 3.63) is 94.5 Å². The molecule has 0 heterocycles. The number of benzene rings is 3. The van der Waals surface area contributed by atoms with Gasteiger partial charge in [-0.1, -0.05) is 53.5 Å². The van der Waals surface area contributed by atoms with E-state index in [1.807, 2.05) is 0 Å².